The molecule has 2 aromatic heterocycles. The van der Waals surface area contributed by atoms with Crippen LogP contribution in [0, 0.1) is 0 Å². The van der Waals surface area contributed by atoms with Crippen molar-refractivity contribution >= 4 is 45.8 Å². The summed E-state index contributed by atoms with van der Waals surface area (Å²) in [5.74, 6) is 0.365. The Morgan fingerprint density at radius 1 is 0.853 bits per heavy atom. The Balaban J connectivity index is 1.57. The van der Waals surface area contributed by atoms with Crippen molar-refractivity contribution in [2.45, 2.75) is 26.0 Å². The van der Waals surface area contributed by atoms with E-state index in [2.05, 4.69) is 62.1 Å². The van der Waals surface area contributed by atoms with Crippen LogP contribution in [-0.4, -0.2) is 13.1 Å². The Morgan fingerprint density at radius 3 is 2.50 bits per heavy atom. The van der Waals surface area contributed by atoms with Crippen LogP contribution in [0.3, 0.4) is 0 Å². The van der Waals surface area contributed by atoms with Crippen molar-refractivity contribution in [3.63, 3.8) is 0 Å². The van der Waals surface area contributed by atoms with E-state index in [-0.39, 0.29) is 0 Å². The van der Waals surface area contributed by atoms with Crippen LogP contribution in [0.1, 0.15) is 14.1 Å². The SMILES string of the molecule is [2H]C1([2H])c2oc3c(-c4cc([Si](C)(C)C)c5ccccc5c4)nccc3c2-c2cccc3cccc1c23. The van der Waals surface area contributed by atoms with Gasteiger partial charge in [0.1, 0.15) is 11.5 Å². The lowest BCUT2D eigenvalue weighted by molar-refractivity contribution is 0.564. The van der Waals surface area contributed by atoms with E-state index in [4.69, 9.17) is 12.1 Å². The highest BCUT2D eigenvalue weighted by Crippen LogP contribution is 2.46. The lowest BCUT2D eigenvalue weighted by Crippen LogP contribution is -2.38. The average molecular weight is 458 g/mol. The zero-order valence-corrected chi connectivity index (χ0v) is 20.4. The van der Waals surface area contributed by atoms with E-state index in [1.807, 2.05) is 42.6 Å². The molecule has 2 nitrogen and oxygen atoms in total. The maximum Gasteiger partial charge on any atom is 0.161 e. The van der Waals surface area contributed by atoms with Gasteiger partial charge < -0.3 is 4.42 Å². The van der Waals surface area contributed by atoms with Crippen LogP contribution in [-0.2, 0) is 6.37 Å². The zero-order chi connectivity index (χ0) is 24.8. The molecule has 1 aliphatic carbocycles. The van der Waals surface area contributed by atoms with E-state index in [1.165, 1.54) is 16.0 Å². The molecule has 7 rings (SSSR count). The third-order valence-electron chi connectivity index (χ3n) is 6.97. The molecule has 2 heterocycles. The standard InChI is InChI=1S/C31H25NOSi/c1-34(2,3)27-18-22(16-20-8-4-5-12-23(20)27)30-31-25(14-15-32-30)29-24-13-7-10-19-9-6-11-21(28(19)24)17-26(29)33-31/h4-16,18H,17H2,1-3H3/i17D2. The van der Waals surface area contributed by atoms with Crippen molar-refractivity contribution in [1.82, 2.24) is 4.98 Å². The smallest absolute Gasteiger partial charge is 0.161 e. The van der Waals surface area contributed by atoms with Crippen molar-refractivity contribution in [2.24, 2.45) is 0 Å². The summed E-state index contributed by atoms with van der Waals surface area (Å²) in [5, 5.41) is 6.78. The molecular formula is C31H25NOSi. The molecule has 0 saturated heterocycles. The number of pyridine rings is 1. The van der Waals surface area contributed by atoms with E-state index in [0.717, 1.165) is 38.5 Å². The van der Waals surface area contributed by atoms with Crippen molar-refractivity contribution in [3.8, 4) is 22.4 Å². The molecule has 1 aliphatic rings. The molecule has 0 amide bonds. The fourth-order valence-corrected chi connectivity index (χ4v) is 7.05. The first-order valence-electron chi connectivity index (χ1n) is 12.7. The van der Waals surface area contributed by atoms with Crippen molar-refractivity contribution in [1.29, 1.82) is 0 Å². The second kappa shape index (κ2) is 6.91. The van der Waals surface area contributed by atoms with Gasteiger partial charge in [-0.05, 0) is 44.8 Å². The predicted octanol–water partition coefficient (Wildman–Crippen LogP) is 7.92. The van der Waals surface area contributed by atoms with E-state index in [1.54, 1.807) is 0 Å². The third-order valence-corrected chi connectivity index (χ3v) is 9.00. The summed E-state index contributed by atoms with van der Waals surface area (Å²) >= 11 is 0. The summed E-state index contributed by atoms with van der Waals surface area (Å²) in [5.41, 5.74) is 4.94. The molecule has 0 saturated carbocycles. The summed E-state index contributed by atoms with van der Waals surface area (Å²) in [4.78, 5) is 4.80. The van der Waals surface area contributed by atoms with Gasteiger partial charge >= 0.3 is 0 Å². The summed E-state index contributed by atoms with van der Waals surface area (Å²) in [6, 6.07) is 27.0. The highest BCUT2D eigenvalue weighted by Gasteiger charge is 2.27. The molecule has 0 spiro atoms. The molecule has 6 aromatic rings. The quantitative estimate of drug-likeness (QED) is 0.247. The van der Waals surface area contributed by atoms with Crippen LogP contribution in [0.4, 0.5) is 0 Å². The van der Waals surface area contributed by atoms with Gasteiger partial charge in [-0.15, -0.1) is 0 Å². The Bertz CT molecular complexity index is 1860. The van der Waals surface area contributed by atoms with Gasteiger partial charge in [-0.25, -0.2) is 0 Å². The minimum Gasteiger partial charge on any atom is -0.458 e. The van der Waals surface area contributed by atoms with Gasteiger partial charge in [-0.3, -0.25) is 4.98 Å². The second-order valence-electron chi connectivity index (χ2n) is 10.2. The third kappa shape index (κ3) is 2.77. The van der Waals surface area contributed by atoms with Crippen LogP contribution in [0.25, 0.3) is 54.9 Å². The minimum atomic E-state index is -1.74. The lowest BCUT2D eigenvalue weighted by Gasteiger charge is -2.20. The topological polar surface area (TPSA) is 26.0 Å². The fourth-order valence-electron chi connectivity index (χ4n) is 5.43. The Kier molecular flexibility index (Phi) is 3.60. The average Bonchev–Trinajstić information content (AvgIpc) is 3.27. The van der Waals surface area contributed by atoms with Gasteiger partial charge in [0.05, 0.1) is 8.07 Å². The molecule has 0 atom stereocenters. The monoisotopic (exact) mass is 457 g/mol. The Morgan fingerprint density at radius 2 is 1.65 bits per heavy atom. The lowest BCUT2D eigenvalue weighted by atomic mass is 9.86. The normalized spacial score (nSPS) is 15.4. The maximum atomic E-state index is 9.11. The summed E-state index contributed by atoms with van der Waals surface area (Å²) in [7, 11) is -1.66. The number of rotatable bonds is 2. The highest BCUT2D eigenvalue weighted by atomic mass is 28.3. The van der Waals surface area contributed by atoms with Crippen LogP contribution < -0.4 is 5.19 Å². The molecule has 3 heteroatoms. The summed E-state index contributed by atoms with van der Waals surface area (Å²) < 4.78 is 24.7. The molecular weight excluding hydrogens is 430 g/mol. The van der Waals surface area contributed by atoms with E-state index in [9.17, 15) is 0 Å². The van der Waals surface area contributed by atoms with Crippen LogP contribution >= 0.6 is 0 Å². The van der Waals surface area contributed by atoms with Crippen LogP contribution in [0.5, 0.6) is 0 Å². The summed E-state index contributed by atoms with van der Waals surface area (Å²) in [6.07, 6.45) is 0.0828. The van der Waals surface area contributed by atoms with Crippen molar-refractivity contribution < 1.29 is 7.16 Å². The molecule has 0 N–H and O–H groups in total. The number of hydrogen-bond acceptors (Lipinski definition) is 2. The van der Waals surface area contributed by atoms with E-state index in [0.29, 0.717) is 16.9 Å². The first-order chi connectivity index (χ1) is 17.2. The molecule has 4 aromatic carbocycles. The summed E-state index contributed by atoms with van der Waals surface area (Å²) in [6.45, 7) is 7.10. The zero-order valence-electron chi connectivity index (χ0n) is 21.4. The molecule has 0 radical (unpaired) electrons. The fraction of sp³-hybridized carbons (Fsp3) is 0.129. The molecule has 0 unspecified atom stereocenters. The predicted molar refractivity (Wildman–Crippen MR) is 146 cm³/mol. The number of fused-ring (bicyclic) bond motifs is 5. The molecule has 0 aliphatic heterocycles. The maximum absolute atomic E-state index is 9.11. The number of nitrogens with zero attached hydrogens (tertiary/aromatic N) is 1. The number of hydrogen-bond donors (Lipinski definition) is 0. The highest BCUT2D eigenvalue weighted by molar-refractivity contribution is 6.90. The largest absolute Gasteiger partial charge is 0.458 e. The van der Waals surface area contributed by atoms with Crippen molar-refractivity contribution in [2.75, 3.05) is 0 Å². The number of benzene rings is 4. The van der Waals surface area contributed by atoms with Gasteiger partial charge in [-0.2, -0.15) is 0 Å². The molecule has 164 valence electrons. The van der Waals surface area contributed by atoms with Gasteiger partial charge in [0.25, 0.3) is 0 Å². The Hall–Kier alpha value is -3.69. The first kappa shape index (κ1) is 17.7. The van der Waals surface area contributed by atoms with Gasteiger partial charge in [-0.1, -0.05) is 91.6 Å². The number of aromatic nitrogens is 1. The van der Waals surface area contributed by atoms with Gasteiger partial charge in [0, 0.05) is 31.8 Å². The van der Waals surface area contributed by atoms with Gasteiger partial charge in [0.15, 0.2) is 5.58 Å². The minimum absolute atomic E-state index is 0.365. The molecule has 34 heavy (non-hydrogen) atoms. The van der Waals surface area contributed by atoms with E-state index < -0.39 is 14.4 Å². The van der Waals surface area contributed by atoms with Crippen LogP contribution in [0.2, 0.25) is 19.6 Å². The molecule has 0 bridgehead atoms. The first-order valence-corrected chi connectivity index (χ1v) is 15.2. The number of furan rings is 1. The second-order valence-corrected chi connectivity index (χ2v) is 15.2. The Labute approximate surface area is 202 Å². The molecule has 0 fully saturated rings. The van der Waals surface area contributed by atoms with Gasteiger partial charge in [0.2, 0.25) is 0 Å². The van der Waals surface area contributed by atoms with Crippen molar-refractivity contribution in [3.05, 3.63) is 96.4 Å². The van der Waals surface area contributed by atoms with Crippen LogP contribution in [0.15, 0.2) is 89.5 Å². The van der Waals surface area contributed by atoms with E-state index >= 15 is 0 Å².